The van der Waals surface area contributed by atoms with Crippen LogP contribution in [0.5, 0.6) is 5.75 Å². The van der Waals surface area contributed by atoms with Crippen molar-refractivity contribution < 1.29 is 18.7 Å². The number of benzene rings is 2. The van der Waals surface area contributed by atoms with Crippen LogP contribution in [-0.2, 0) is 4.79 Å². The fourth-order valence-corrected chi connectivity index (χ4v) is 2.45. The van der Waals surface area contributed by atoms with Gasteiger partial charge in [0.25, 0.3) is 11.1 Å². The molecule has 6 nitrogen and oxygen atoms in total. The smallest absolute Gasteiger partial charge is 0.277 e. The lowest BCUT2D eigenvalue weighted by atomic mass is 10.2. The molecule has 0 bridgehead atoms. The van der Waals surface area contributed by atoms with Crippen molar-refractivity contribution in [2.75, 3.05) is 11.1 Å². The molecule has 0 fully saturated rings. The van der Waals surface area contributed by atoms with E-state index in [0.717, 1.165) is 11.8 Å². The van der Waals surface area contributed by atoms with Crippen molar-refractivity contribution in [3.8, 4) is 17.2 Å². The van der Waals surface area contributed by atoms with Crippen molar-refractivity contribution in [3.05, 3.63) is 54.3 Å². The van der Waals surface area contributed by atoms with Crippen molar-refractivity contribution in [3.63, 3.8) is 0 Å². The molecule has 2 N–H and O–H groups in total. The number of hydrogen-bond acceptors (Lipinski definition) is 6. The lowest BCUT2D eigenvalue weighted by Crippen LogP contribution is -2.13. The molecule has 1 aromatic heterocycles. The van der Waals surface area contributed by atoms with E-state index in [9.17, 15) is 14.3 Å². The second-order valence-corrected chi connectivity index (χ2v) is 5.66. The van der Waals surface area contributed by atoms with Crippen LogP contribution in [0.15, 0.2) is 58.2 Å². The number of carbonyl (C=O) groups is 1. The molecule has 8 heteroatoms. The van der Waals surface area contributed by atoms with Gasteiger partial charge in [-0.15, -0.1) is 10.2 Å². The van der Waals surface area contributed by atoms with Crippen molar-refractivity contribution in [1.29, 1.82) is 0 Å². The minimum atomic E-state index is -0.370. The lowest BCUT2D eigenvalue weighted by Gasteiger charge is -2.03. The first kappa shape index (κ1) is 16.0. The molecule has 0 aliphatic carbocycles. The minimum absolute atomic E-state index is 0.0340. The number of nitrogens with one attached hydrogen (secondary N) is 1. The Morgan fingerprint density at radius 2 is 1.92 bits per heavy atom. The van der Waals surface area contributed by atoms with E-state index in [1.807, 2.05) is 0 Å². The molecule has 1 heterocycles. The van der Waals surface area contributed by atoms with Gasteiger partial charge in [0.1, 0.15) is 11.6 Å². The highest BCUT2D eigenvalue weighted by Crippen LogP contribution is 2.29. The standard InChI is InChI=1S/C16H12FN3O3S/c17-10-5-7-11(8-6-10)18-14(22)9-24-16-20-19-15(23-16)12-3-1-2-4-13(12)21/h1-8,21H,9H2,(H,18,22). The largest absolute Gasteiger partial charge is 0.507 e. The zero-order valence-electron chi connectivity index (χ0n) is 12.3. The van der Waals surface area contributed by atoms with Gasteiger partial charge in [0.15, 0.2) is 0 Å². The van der Waals surface area contributed by atoms with Crippen molar-refractivity contribution >= 4 is 23.4 Å². The zero-order valence-corrected chi connectivity index (χ0v) is 13.1. The summed E-state index contributed by atoms with van der Waals surface area (Å²) >= 11 is 1.06. The number of phenols is 1. The average molecular weight is 345 g/mol. The van der Waals surface area contributed by atoms with Crippen LogP contribution in [0.25, 0.3) is 11.5 Å². The summed E-state index contributed by atoms with van der Waals surface area (Å²) in [6, 6.07) is 12.1. The van der Waals surface area contributed by atoms with Crippen LogP contribution < -0.4 is 5.32 Å². The Kier molecular flexibility index (Phi) is 4.76. The molecule has 24 heavy (non-hydrogen) atoms. The summed E-state index contributed by atoms with van der Waals surface area (Å²) < 4.78 is 18.2. The predicted octanol–water partition coefficient (Wildman–Crippen LogP) is 3.31. The van der Waals surface area contributed by atoms with E-state index in [0.29, 0.717) is 11.3 Å². The third-order valence-electron chi connectivity index (χ3n) is 3.00. The molecule has 1 amide bonds. The fraction of sp³-hybridized carbons (Fsp3) is 0.0625. The summed E-state index contributed by atoms with van der Waals surface area (Å²) in [5.74, 6) is -0.389. The molecular weight excluding hydrogens is 333 g/mol. The first-order valence-corrected chi connectivity index (χ1v) is 7.90. The van der Waals surface area contributed by atoms with Gasteiger partial charge in [-0.2, -0.15) is 0 Å². The van der Waals surface area contributed by atoms with Gasteiger partial charge in [0.2, 0.25) is 5.91 Å². The molecular formula is C16H12FN3O3S. The molecule has 0 saturated heterocycles. The maximum absolute atomic E-state index is 12.8. The van der Waals surface area contributed by atoms with E-state index in [1.54, 1.807) is 18.2 Å². The molecule has 0 atom stereocenters. The number of aromatic nitrogens is 2. The molecule has 122 valence electrons. The highest BCUT2D eigenvalue weighted by molar-refractivity contribution is 7.99. The van der Waals surface area contributed by atoms with Gasteiger partial charge in [-0.05, 0) is 36.4 Å². The van der Waals surface area contributed by atoms with E-state index in [2.05, 4.69) is 15.5 Å². The fourth-order valence-electron chi connectivity index (χ4n) is 1.89. The Bertz CT molecular complexity index is 852. The van der Waals surface area contributed by atoms with Gasteiger partial charge in [-0.25, -0.2) is 4.39 Å². The molecule has 0 spiro atoms. The van der Waals surface area contributed by atoms with Gasteiger partial charge in [-0.3, -0.25) is 4.79 Å². The maximum Gasteiger partial charge on any atom is 0.277 e. The Labute approximate surface area is 140 Å². The second kappa shape index (κ2) is 7.14. The summed E-state index contributed by atoms with van der Waals surface area (Å²) in [6.07, 6.45) is 0. The van der Waals surface area contributed by atoms with Crippen LogP contribution in [0.1, 0.15) is 0 Å². The summed E-state index contributed by atoms with van der Waals surface area (Å²) in [7, 11) is 0. The third kappa shape index (κ3) is 3.90. The van der Waals surface area contributed by atoms with E-state index in [-0.39, 0.29) is 34.3 Å². The second-order valence-electron chi connectivity index (χ2n) is 4.73. The summed E-state index contributed by atoms with van der Waals surface area (Å²) in [6.45, 7) is 0. The Balaban J connectivity index is 1.58. The molecule has 0 aliphatic rings. The molecule has 0 aliphatic heterocycles. The van der Waals surface area contributed by atoms with Gasteiger partial charge in [0.05, 0.1) is 11.3 Å². The van der Waals surface area contributed by atoms with Crippen LogP contribution in [0.2, 0.25) is 0 Å². The number of nitrogens with zero attached hydrogens (tertiary/aromatic N) is 2. The number of phenolic OH excluding ortho intramolecular Hbond substituents is 1. The van der Waals surface area contributed by atoms with Crippen molar-refractivity contribution in [1.82, 2.24) is 10.2 Å². The van der Waals surface area contributed by atoms with E-state index in [1.165, 1.54) is 30.3 Å². The number of hydrogen-bond donors (Lipinski definition) is 2. The quantitative estimate of drug-likeness (QED) is 0.690. The first-order valence-electron chi connectivity index (χ1n) is 6.92. The number of amides is 1. The monoisotopic (exact) mass is 345 g/mol. The molecule has 2 aromatic carbocycles. The van der Waals surface area contributed by atoms with Crippen LogP contribution in [0.4, 0.5) is 10.1 Å². The van der Waals surface area contributed by atoms with Crippen LogP contribution in [-0.4, -0.2) is 27.0 Å². The molecule has 0 saturated carbocycles. The van der Waals surface area contributed by atoms with Gasteiger partial charge >= 0.3 is 0 Å². The molecule has 3 rings (SSSR count). The number of rotatable bonds is 5. The molecule has 3 aromatic rings. The van der Waals surface area contributed by atoms with Crippen LogP contribution in [0, 0.1) is 5.82 Å². The minimum Gasteiger partial charge on any atom is -0.507 e. The van der Waals surface area contributed by atoms with Gasteiger partial charge in [-0.1, -0.05) is 23.9 Å². The summed E-state index contributed by atoms with van der Waals surface area (Å²) in [4.78, 5) is 11.8. The Morgan fingerprint density at radius 1 is 1.17 bits per heavy atom. The van der Waals surface area contributed by atoms with Crippen LogP contribution in [0.3, 0.4) is 0 Å². The first-order chi connectivity index (χ1) is 11.6. The highest BCUT2D eigenvalue weighted by Gasteiger charge is 2.13. The number of aromatic hydroxyl groups is 1. The highest BCUT2D eigenvalue weighted by atomic mass is 32.2. The number of anilines is 1. The third-order valence-corrected chi connectivity index (χ3v) is 3.81. The molecule has 0 unspecified atom stereocenters. The molecule has 0 radical (unpaired) electrons. The number of thioether (sulfide) groups is 1. The normalized spacial score (nSPS) is 10.5. The van der Waals surface area contributed by atoms with Crippen LogP contribution >= 0.6 is 11.8 Å². The van der Waals surface area contributed by atoms with E-state index in [4.69, 9.17) is 4.42 Å². The predicted molar refractivity (Wildman–Crippen MR) is 87.2 cm³/mol. The number of para-hydroxylation sites is 1. The zero-order chi connectivity index (χ0) is 16.9. The average Bonchev–Trinajstić information content (AvgIpc) is 3.04. The van der Waals surface area contributed by atoms with Gasteiger partial charge < -0.3 is 14.8 Å². The van der Waals surface area contributed by atoms with Crippen molar-refractivity contribution in [2.24, 2.45) is 0 Å². The SMILES string of the molecule is O=C(CSc1nnc(-c2ccccc2O)o1)Nc1ccc(F)cc1. The summed E-state index contributed by atoms with van der Waals surface area (Å²) in [5, 5.41) is 20.3. The number of carbonyl (C=O) groups excluding carboxylic acids is 1. The van der Waals surface area contributed by atoms with Gasteiger partial charge in [0, 0.05) is 5.69 Å². The number of halogens is 1. The van der Waals surface area contributed by atoms with E-state index >= 15 is 0 Å². The Hall–Kier alpha value is -2.87. The maximum atomic E-state index is 12.8. The lowest BCUT2D eigenvalue weighted by molar-refractivity contribution is -0.113. The van der Waals surface area contributed by atoms with E-state index < -0.39 is 0 Å². The summed E-state index contributed by atoms with van der Waals surface area (Å²) in [5.41, 5.74) is 0.926. The Morgan fingerprint density at radius 3 is 2.67 bits per heavy atom. The topological polar surface area (TPSA) is 88.2 Å². The van der Waals surface area contributed by atoms with Crippen molar-refractivity contribution in [2.45, 2.75) is 5.22 Å².